The molecule has 0 aromatic carbocycles. The molecule has 0 bridgehead atoms. The number of rotatable bonds is 6. The van der Waals surface area contributed by atoms with Crippen LogP contribution >= 0.6 is 34.4 Å². The standard InChI is InChI=1S/C20H24N2OS3/c1-4-20(2,3)13-7-8-14-15(11-21)19(26-16(14)10-13)22-17(23)12-25-18-6-5-9-24-18/h5-6,9,13H,4,7-8,10,12H2,1-3H3,(H,22,23)/t13-/m1/s1. The smallest absolute Gasteiger partial charge is 0.235 e. The molecule has 6 heteroatoms. The fourth-order valence-electron chi connectivity index (χ4n) is 3.39. The van der Waals surface area contributed by atoms with Gasteiger partial charge in [0.1, 0.15) is 11.1 Å². The van der Waals surface area contributed by atoms with E-state index >= 15 is 0 Å². The molecule has 0 unspecified atom stereocenters. The first-order valence-electron chi connectivity index (χ1n) is 8.95. The van der Waals surface area contributed by atoms with Crippen molar-refractivity contribution in [1.29, 1.82) is 5.26 Å². The normalized spacial score (nSPS) is 16.8. The van der Waals surface area contributed by atoms with Crippen molar-refractivity contribution in [2.45, 2.75) is 50.7 Å². The van der Waals surface area contributed by atoms with Gasteiger partial charge in [-0.15, -0.1) is 34.4 Å². The zero-order valence-electron chi connectivity index (χ0n) is 15.4. The number of thiophene rings is 2. The van der Waals surface area contributed by atoms with Crippen LogP contribution in [-0.2, 0) is 17.6 Å². The quantitative estimate of drug-likeness (QED) is 0.605. The Morgan fingerprint density at radius 2 is 2.31 bits per heavy atom. The fraction of sp³-hybridized carbons (Fsp3) is 0.500. The third kappa shape index (κ3) is 4.16. The van der Waals surface area contributed by atoms with E-state index in [1.54, 1.807) is 22.7 Å². The van der Waals surface area contributed by atoms with E-state index in [0.29, 0.717) is 22.6 Å². The third-order valence-electron chi connectivity index (χ3n) is 5.49. The average molecular weight is 405 g/mol. The molecule has 2 aromatic heterocycles. The number of carbonyl (C=O) groups is 1. The monoisotopic (exact) mass is 404 g/mol. The van der Waals surface area contributed by atoms with Crippen molar-refractivity contribution in [3.8, 4) is 6.07 Å². The molecule has 1 atom stereocenters. The molecule has 0 spiro atoms. The van der Waals surface area contributed by atoms with E-state index < -0.39 is 0 Å². The number of amides is 1. The Bertz CT molecular complexity index is 815. The van der Waals surface area contributed by atoms with Crippen LogP contribution in [0.15, 0.2) is 21.7 Å². The molecule has 3 rings (SSSR count). The number of nitrogens with one attached hydrogen (secondary N) is 1. The SMILES string of the molecule is CCC(C)(C)[C@@H]1CCc2c(sc(NC(=O)CSc3cccs3)c2C#N)C1. The molecule has 3 nitrogen and oxygen atoms in total. The molecule has 1 aliphatic rings. The number of fused-ring (bicyclic) bond motifs is 1. The Kier molecular flexibility index (Phi) is 6.11. The van der Waals surface area contributed by atoms with E-state index in [2.05, 4.69) is 32.2 Å². The van der Waals surface area contributed by atoms with Crippen LogP contribution in [0.3, 0.4) is 0 Å². The van der Waals surface area contributed by atoms with Crippen LogP contribution in [0.4, 0.5) is 5.00 Å². The van der Waals surface area contributed by atoms with Crippen molar-refractivity contribution in [1.82, 2.24) is 0 Å². The maximum absolute atomic E-state index is 12.3. The number of thioether (sulfide) groups is 1. The van der Waals surface area contributed by atoms with Crippen LogP contribution in [0.1, 0.15) is 49.6 Å². The number of carbonyl (C=O) groups excluding carboxylic acids is 1. The van der Waals surface area contributed by atoms with Gasteiger partial charge >= 0.3 is 0 Å². The summed E-state index contributed by atoms with van der Waals surface area (Å²) < 4.78 is 1.13. The maximum Gasteiger partial charge on any atom is 0.235 e. The Labute approximate surface area is 167 Å². The van der Waals surface area contributed by atoms with Crippen LogP contribution in [0.2, 0.25) is 0 Å². The second-order valence-electron chi connectivity index (χ2n) is 7.37. The first kappa shape index (κ1) is 19.5. The lowest BCUT2D eigenvalue weighted by Crippen LogP contribution is -2.28. The number of hydrogen-bond acceptors (Lipinski definition) is 5. The molecular formula is C20H24N2OS3. The Balaban J connectivity index is 1.71. The second kappa shape index (κ2) is 8.16. The van der Waals surface area contributed by atoms with Crippen molar-refractivity contribution < 1.29 is 4.79 Å². The van der Waals surface area contributed by atoms with E-state index in [9.17, 15) is 10.1 Å². The zero-order valence-corrected chi connectivity index (χ0v) is 17.9. The summed E-state index contributed by atoms with van der Waals surface area (Å²) >= 11 is 4.78. The van der Waals surface area contributed by atoms with E-state index in [-0.39, 0.29) is 5.91 Å². The van der Waals surface area contributed by atoms with Crippen molar-refractivity contribution in [2.75, 3.05) is 11.1 Å². The molecular weight excluding hydrogens is 380 g/mol. The minimum atomic E-state index is -0.0380. The highest BCUT2D eigenvalue weighted by molar-refractivity contribution is 8.01. The van der Waals surface area contributed by atoms with Gasteiger partial charge in [0, 0.05) is 4.88 Å². The summed E-state index contributed by atoms with van der Waals surface area (Å²) in [5.41, 5.74) is 2.17. The number of anilines is 1. The summed E-state index contributed by atoms with van der Waals surface area (Å²) in [7, 11) is 0. The van der Waals surface area contributed by atoms with E-state index in [4.69, 9.17) is 0 Å². The summed E-state index contributed by atoms with van der Waals surface area (Å²) in [6.45, 7) is 6.93. The molecule has 0 saturated carbocycles. The van der Waals surface area contributed by atoms with Gasteiger partial charge in [-0.3, -0.25) is 4.79 Å². The molecule has 2 aromatic rings. The van der Waals surface area contributed by atoms with Gasteiger partial charge in [-0.05, 0) is 47.6 Å². The van der Waals surface area contributed by atoms with Gasteiger partial charge in [-0.1, -0.05) is 33.3 Å². The van der Waals surface area contributed by atoms with Crippen molar-refractivity contribution in [2.24, 2.45) is 11.3 Å². The molecule has 0 radical (unpaired) electrons. The molecule has 0 saturated heterocycles. The third-order valence-corrected chi connectivity index (χ3v) is 8.79. The summed E-state index contributed by atoms with van der Waals surface area (Å²) in [5, 5.41) is 15.4. The summed E-state index contributed by atoms with van der Waals surface area (Å²) in [6.07, 6.45) is 4.26. The molecule has 2 heterocycles. The van der Waals surface area contributed by atoms with Gasteiger partial charge in [0.05, 0.1) is 15.5 Å². The first-order valence-corrected chi connectivity index (χ1v) is 11.6. The maximum atomic E-state index is 12.3. The van der Waals surface area contributed by atoms with Gasteiger partial charge in [0.25, 0.3) is 0 Å². The summed E-state index contributed by atoms with van der Waals surface area (Å²) in [4.78, 5) is 13.6. The molecule has 1 amide bonds. The topological polar surface area (TPSA) is 52.9 Å². The van der Waals surface area contributed by atoms with Gasteiger partial charge in [0.2, 0.25) is 5.91 Å². The largest absolute Gasteiger partial charge is 0.316 e. The van der Waals surface area contributed by atoms with E-state index in [0.717, 1.165) is 34.9 Å². The number of nitriles is 1. The minimum Gasteiger partial charge on any atom is -0.316 e. The van der Waals surface area contributed by atoms with Crippen LogP contribution in [0.5, 0.6) is 0 Å². The van der Waals surface area contributed by atoms with Crippen LogP contribution < -0.4 is 5.32 Å². The lowest BCUT2D eigenvalue weighted by Gasteiger charge is -2.36. The zero-order chi connectivity index (χ0) is 18.7. The highest BCUT2D eigenvalue weighted by Gasteiger charge is 2.34. The average Bonchev–Trinajstić information content (AvgIpc) is 3.26. The molecule has 0 fully saturated rings. The van der Waals surface area contributed by atoms with Gasteiger partial charge in [-0.25, -0.2) is 0 Å². The van der Waals surface area contributed by atoms with Gasteiger partial charge in [0.15, 0.2) is 0 Å². The molecule has 26 heavy (non-hydrogen) atoms. The molecule has 1 aliphatic carbocycles. The fourth-order valence-corrected chi connectivity index (χ4v) is 6.27. The Hall–Kier alpha value is -1.29. The lowest BCUT2D eigenvalue weighted by atomic mass is 9.69. The number of nitrogens with zero attached hydrogens (tertiary/aromatic N) is 1. The van der Waals surface area contributed by atoms with E-state index in [1.807, 2.05) is 17.5 Å². The van der Waals surface area contributed by atoms with Crippen molar-refractivity contribution in [3.05, 3.63) is 33.5 Å². The van der Waals surface area contributed by atoms with Gasteiger partial charge in [-0.2, -0.15) is 5.26 Å². The molecule has 1 N–H and O–H groups in total. The van der Waals surface area contributed by atoms with Crippen molar-refractivity contribution in [3.63, 3.8) is 0 Å². The second-order valence-corrected chi connectivity index (χ2v) is 10.7. The van der Waals surface area contributed by atoms with Crippen LogP contribution in [0.25, 0.3) is 0 Å². The summed E-state index contributed by atoms with van der Waals surface area (Å²) in [5.74, 6) is 0.978. The molecule has 138 valence electrons. The van der Waals surface area contributed by atoms with Gasteiger partial charge < -0.3 is 5.32 Å². The first-order chi connectivity index (χ1) is 12.4. The minimum absolute atomic E-state index is 0.0380. The highest BCUT2D eigenvalue weighted by Crippen LogP contribution is 2.45. The summed E-state index contributed by atoms with van der Waals surface area (Å²) in [6, 6.07) is 6.34. The Morgan fingerprint density at radius 1 is 1.50 bits per heavy atom. The van der Waals surface area contributed by atoms with Crippen LogP contribution in [-0.4, -0.2) is 11.7 Å². The lowest BCUT2D eigenvalue weighted by molar-refractivity contribution is -0.113. The predicted molar refractivity (Wildman–Crippen MR) is 112 cm³/mol. The Morgan fingerprint density at radius 3 is 2.96 bits per heavy atom. The predicted octanol–water partition coefficient (Wildman–Crippen LogP) is 5.95. The highest BCUT2D eigenvalue weighted by atomic mass is 32.2. The van der Waals surface area contributed by atoms with Crippen molar-refractivity contribution >= 4 is 45.3 Å². The van der Waals surface area contributed by atoms with Crippen LogP contribution in [0, 0.1) is 22.7 Å². The molecule has 0 aliphatic heterocycles. The number of hydrogen-bond donors (Lipinski definition) is 1. The van der Waals surface area contributed by atoms with E-state index in [1.165, 1.54) is 22.2 Å².